The van der Waals surface area contributed by atoms with E-state index in [4.69, 9.17) is 14.2 Å². The number of hydrogen-bond donors (Lipinski definition) is 1. The van der Waals surface area contributed by atoms with E-state index in [1.807, 2.05) is 48.5 Å². The molecule has 0 amide bonds. The first-order valence-electron chi connectivity index (χ1n) is 11.7. The Balaban J connectivity index is 1.44. The van der Waals surface area contributed by atoms with Gasteiger partial charge in [-0.3, -0.25) is 10.1 Å². The number of non-ortho nitro benzene ring substituents is 1. The molecule has 0 bridgehead atoms. The lowest BCUT2D eigenvalue weighted by Crippen LogP contribution is -2.33. The van der Waals surface area contributed by atoms with E-state index in [0.717, 1.165) is 42.7 Å². The first-order chi connectivity index (χ1) is 17.1. The van der Waals surface area contributed by atoms with Gasteiger partial charge in [-0.2, -0.15) is 0 Å². The van der Waals surface area contributed by atoms with Crippen LogP contribution in [-0.2, 0) is 0 Å². The Morgan fingerprint density at radius 1 is 1.00 bits per heavy atom. The highest BCUT2D eigenvalue weighted by atomic mass is 16.6. The van der Waals surface area contributed by atoms with Gasteiger partial charge >= 0.3 is 0 Å². The molecule has 2 atom stereocenters. The Kier molecular flexibility index (Phi) is 8.00. The number of benzene rings is 3. The van der Waals surface area contributed by atoms with Gasteiger partial charge in [0, 0.05) is 30.8 Å². The second-order valence-electron chi connectivity index (χ2n) is 8.45. The van der Waals surface area contributed by atoms with E-state index in [2.05, 4.69) is 23.5 Å². The van der Waals surface area contributed by atoms with Crippen LogP contribution in [-0.4, -0.2) is 31.7 Å². The smallest absolute Gasteiger partial charge is 0.269 e. The molecule has 1 aliphatic rings. The summed E-state index contributed by atoms with van der Waals surface area (Å²) < 4.78 is 17.2. The lowest BCUT2D eigenvalue weighted by molar-refractivity contribution is -0.384. The molecule has 0 saturated heterocycles. The summed E-state index contributed by atoms with van der Waals surface area (Å²) in [6.45, 7) is 0.767. The molecule has 0 radical (unpaired) electrons. The van der Waals surface area contributed by atoms with Crippen molar-refractivity contribution < 1.29 is 19.1 Å². The molecule has 7 nitrogen and oxygen atoms in total. The van der Waals surface area contributed by atoms with Crippen LogP contribution in [0, 0.1) is 10.1 Å². The summed E-state index contributed by atoms with van der Waals surface area (Å²) in [6, 6.07) is 22.9. The Bertz CT molecular complexity index is 1160. The summed E-state index contributed by atoms with van der Waals surface area (Å²) in [4.78, 5) is 10.6. The van der Waals surface area contributed by atoms with Crippen LogP contribution in [0.2, 0.25) is 0 Å². The fourth-order valence-electron chi connectivity index (χ4n) is 4.37. The van der Waals surface area contributed by atoms with Crippen molar-refractivity contribution >= 4 is 11.3 Å². The van der Waals surface area contributed by atoms with E-state index < -0.39 is 0 Å². The van der Waals surface area contributed by atoms with E-state index in [9.17, 15) is 10.1 Å². The molecule has 1 heterocycles. The molecule has 0 aliphatic carbocycles. The minimum atomic E-state index is -0.370. The summed E-state index contributed by atoms with van der Waals surface area (Å²) in [5.41, 5.74) is 3.46. The van der Waals surface area contributed by atoms with E-state index in [0.29, 0.717) is 11.5 Å². The predicted molar refractivity (Wildman–Crippen MR) is 136 cm³/mol. The molecule has 1 aliphatic heterocycles. The number of methoxy groups -OCH3 is 2. The van der Waals surface area contributed by atoms with Crippen molar-refractivity contribution in [3.8, 4) is 17.2 Å². The van der Waals surface area contributed by atoms with Gasteiger partial charge in [0.05, 0.1) is 19.1 Å². The van der Waals surface area contributed by atoms with Crippen molar-refractivity contribution in [1.29, 1.82) is 0 Å². The second-order valence-corrected chi connectivity index (χ2v) is 8.45. The molecule has 0 saturated carbocycles. The van der Waals surface area contributed by atoms with Crippen LogP contribution in [0.4, 0.5) is 5.69 Å². The zero-order valence-electron chi connectivity index (χ0n) is 20.0. The van der Waals surface area contributed by atoms with Crippen LogP contribution in [0.15, 0.2) is 78.9 Å². The van der Waals surface area contributed by atoms with Gasteiger partial charge in [0.25, 0.3) is 5.69 Å². The molecule has 3 aromatic rings. The SMILES string of the molecule is COc1ccc(O[C@H](CCC2CC(c3ccc([N+](=O)[O-])cc3)=CCN2)c2ccccc2)cc1OC. The van der Waals surface area contributed by atoms with Gasteiger partial charge in [0.1, 0.15) is 11.9 Å². The van der Waals surface area contributed by atoms with Crippen LogP contribution < -0.4 is 19.5 Å². The monoisotopic (exact) mass is 474 g/mol. The van der Waals surface area contributed by atoms with Crippen LogP contribution in [0.5, 0.6) is 17.2 Å². The molecule has 0 aromatic heterocycles. The molecule has 1 N–H and O–H groups in total. The Hall–Kier alpha value is -3.84. The molecule has 3 aromatic carbocycles. The third-order valence-electron chi connectivity index (χ3n) is 6.25. The van der Waals surface area contributed by atoms with Gasteiger partial charge in [-0.25, -0.2) is 0 Å². The molecule has 35 heavy (non-hydrogen) atoms. The van der Waals surface area contributed by atoms with Crippen LogP contribution in [0.25, 0.3) is 5.57 Å². The van der Waals surface area contributed by atoms with Crippen molar-refractivity contribution in [2.45, 2.75) is 31.4 Å². The molecule has 0 spiro atoms. The normalized spacial score (nSPS) is 16.2. The van der Waals surface area contributed by atoms with Gasteiger partial charge < -0.3 is 19.5 Å². The van der Waals surface area contributed by atoms with Gasteiger partial charge in [-0.05, 0) is 60.2 Å². The van der Waals surface area contributed by atoms with Crippen LogP contribution in [0.1, 0.15) is 36.5 Å². The fourth-order valence-corrected chi connectivity index (χ4v) is 4.37. The standard InChI is InChI=1S/C28H30N2O5/c1-33-27-15-13-25(19-28(27)34-2)35-26(21-6-4-3-5-7-21)14-10-23-18-22(16-17-29-23)20-8-11-24(12-9-20)30(31)32/h3-9,11-13,15-16,19,23,26,29H,10,14,17-18H2,1-2H3/t23?,26-/m1/s1. The fraction of sp³-hybridized carbons (Fsp3) is 0.286. The first kappa shape index (κ1) is 24.3. The van der Waals surface area contributed by atoms with E-state index >= 15 is 0 Å². The predicted octanol–water partition coefficient (Wildman–Crippen LogP) is 5.96. The van der Waals surface area contributed by atoms with Crippen molar-refractivity contribution in [2.24, 2.45) is 0 Å². The van der Waals surface area contributed by atoms with Crippen molar-refractivity contribution in [1.82, 2.24) is 5.32 Å². The minimum Gasteiger partial charge on any atom is -0.493 e. The molecular formula is C28H30N2O5. The highest BCUT2D eigenvalue weighted by Crippen LogP contribution is 2.35. The lowest BCUT2D eigenvalue weighted by Gasteiger charge is -2.27. The topological polar surface area (TPSA) is 82.9 Å². The molecule has 182 valence electrons. The molecule has 7 heteroatoms. The van der Waals surface area contributed by atoms with Gasteiger partial charge in [-0.15, -0.1) is 0 Å². The Morgan fingerprint density at radius 2 is 1.74 bits per heavy atom. The van der Waals surface area contributed by atoms with Gasteiger partial charge in [0.2, 0.25) is 0 Å². The summed E-state index contributed by atoms with van der Waals surface area (Å²) in [5.74, 6) is 2.01. The maximum Gasteiger partial charge on any atom is 0.269 e. The highest BCUT2D eigenvalue weighted by molar-refractivity contribution is 5.67. The number of rotatable bonds is 10. The molecule has 1 unspecified atom stereocenters. The van der Waals surface area contributed by atoms with Gasteiger partial charge in [0.15, 0.2) is 11.5 Å². The van der Waals surface area contributed by atoms with Crippen molar-refractivity contribution in [3.05, 3.63) is 100 Å². The number of nitro benzene ring substituents is 1. The Morgan fingerprint density at radius 3 is 2.43 bits per heavy atom. The van der Waals surface area contributed by atoms with Crippen molar-refractivity contribution in [2.75, 3.05) is 20.8 Å². The first-order valence-corrected chi connectivity index (χ1v) is 11.7. The maximum absolute atomic E-state index is 11.0. The third-order valence-corrected chi connectivity index (χ3v) is 6.25. The highest BCUT2D eigenvalue weighted by Gasteiger charge is 2.21. The number of nitrogens with zero attached hydrogens (tertiary/aromatic N) is 1. The summed E-state index contributed by atoms with van der Waals surface area (Å²) in [6.07, 6.45) is 4.63. The lowest BCUT2D eigenvalue weighted by atomic mass is 9.91. The van der Waals surface area contributed by atoms with E-state index in [-0.39, 0.29) is 22.8 Å². The molecule has 4 rings (SSSR count). The zero-order valence-corrected chi connectivity index (χ0v) is 20.0. The Labute approximate surface area is 205 Å². The zero-order chi connectivity index (χ0) is 24.6. The average molecular weight is 475 g/mol. The van der Waals surface area contributed by atoms with Crippen molar-refractivity contribution in [3.63, 3.8) is 0 Å². The minimum absolute atomic E-state index is 0.109. The largest absolute Gasteiger partial charge is 0.493 e. The van der Waals surface area contributed by atoms with Crippen LogP contribution in [0.3, 0.4) is 0 Å². The summed E-state index contributed by atoms with van der Waals surface area (Å²) >= 11 is 0. The second kappa shape index (κ2) is 11.5. The maximum atomic E-state index is 11.0. The van der Waals surface area contributed by atoms with Gasteiger partial charge in [-0.1, -0.05) is 36.4 Å². The quantitative estimate of drug-likeness (QED) is 0.288. The summed E-state index contributed by atoms with van der Waals surface area (Å²) in [5, 5.41) is 14.5. The number of nitro groups is 1. The number of ether oxygens (including phenoxy) is 3. The molecular weight excluding hydrogens is 444 g/mol. The van der Waals surface area contributed by atoms with E-state index in [1.165, 1.54) is 5.57 Å². The summed E-state index contributed by atoms with van der Waals surface area (Å²) in [7, 11) is 3.23. The number of hydrogen-bond acceptors (Lipinski definition) is 6. The third kappa shape index (κ3) is 6.19. The average Bonchev–Trinajstić information content (AvgIpc) is 2.91. The van der Waals surface area contributed by atoms with Crippen LogP contribution >= 0.6 is 0 Å². The van der Waals surface area contributed by atoms with E-state index in [1.54, 1.807) is 26.4 Å². The molecule has 0 fully saturated rings. The number of nitrogens with one attached hydrogen (secondary N) is 1.